The zero-order valence-corrected chi connectivity index (χ0v) is 9.95. The van der Waals surface area contributed by atoms with E-state index < -0.39 is 0 Å². The number of amides is 1. The summed E-state index contributed by atoms with van der Waals surface area (Å²) in [6.07, 6.45) is 1.66. The molecule has 3 N–H and O–H groups in total. The average Bonchev–Trinajstić information content (AvgIpc) is 2.99. The molecule has 0 atom stereocenters. The molecular weight excluding hydrogens is 230 g/mol. The number of nitrogens with zero attached hydrogens (tertiary/aromatic N) is 2. The first-order chi connectivity index (χ1) is 8.78. The molecule has 6 heteroatoms. The molecule has 6 nitrogen and oxygen atoms in total. The van der Waals surface area contributed by atoms with Gasteiger partial charge in [-0.3, -0.25) is 9.78 Å². The van der Waals surface area contributed by atoms with Gasteiger partial charge < -0.3 is 15.6 Å². The minimum Gasteiger partial charge on any atom is -0.354 e. The van der Waals surface area contributed by atoms with E-state index in [1.807, 2.05) is 6.07 Å². The Labute approximate surface area is 104 Å². The molecular formula is C12H13N5O. The normalized spacial score (nSPS) is 13.4. The second kappa shape index (κ2) is 4.23. The van der Waals surface area contributed by atoms with Crippen molar-refractivity contribution in [2.24, 2.45) is 0 Å². The van der Waals surface area contributed by atoms with E-state index in [1.165, 1.54) is 0 Å². The van der Waals surface area contributed by atoms with Crippen LogP contribution in [0.2, 0.25) is 0 Å². The monoisotopic (exact) mass is 243 g/mol. The van der Waals surface area contributed by atoms with Crippen LogP contribution >= 0.6 is 0 Å². The maximum atomic E-state index is 11.4. The molecule has 1 aliphatic rings. The van der Waals surface area contributed by atoms with Crippen molar-refractivity contribution < 1.29 is 4.79 Å². The van der Waals surface area contributed by atoms with Gasteiger partial charge in [-0.1, -0.05) is 0 Å². The molecule has 0 aromatic carbocycles. The highest BCUT2D eigenvalue weighted by molar-refractivity contribution is 5.92. The number of fused-ring (bicyclic) bond motifs is 1. The first-order valence-electron chi connectivity index (χ1n) is 5.75. The zero-order chi connectivity index (χ0) is 12.5. The Morgan fingerprint density at radius 2 is 2.28 bits per heavy atom. The molecule has 3 rings (SSSR count). The quantitative estimate of drug-likeness (QED) is 0.714. The summed E-state index contributed by atoms with van der Waals surface area (Å²) in [7, 11) is 1.59. The van der Waals surface area contributed by atoms with Crippen molar-refractivity contribution in [3.05, 3.63) is 35.4 Å². The minimum absolute atomic E-state index is 0.187. The Bertz CT molecular complexity index is 566. The Morgan fingerprint density at radius 3 is 2.94 bits per heavy atom. The topological polar surface area (TPSA) is 82.7 Å². The van der Waals surface area contributed by atoms with E-state index in [4.69, 9.17) is 0 Å². The van der Waals surface area contributed by atoms with E-state index in [2.05, 4.69) is 25.6 Å². The first-order valence-corrected chi connectivity index (χ1v) is 5.75. The predicted molar refractivity (Wildman–Crippen MR) is 65.8 cm³/mol. The maximum absolute atomic E-state index is 11.4. The minimum atomic E-state index is -0.187. The van der Waals surface area contributed by atoms with Crippen LogP contribution in [-0.2, 0) is 13.1 Å². The lowest BCUT2D eigenvalue weighted by Gasteiger charge is -2.00. The number of hydrogen-bond acceptors (Lipinski definition) is 4. The molecule has 0 saturated carbocycles. The molecule has 0 aliphatic carbocycles. The van der Waals surface area contributed by atoms with E-state index in [9.17, 15) is 4.79 Å². The highest BCUT2D eigenvalue weighted by Crippen LogP contribution is 2.20. The molecule has 2 aromatic heterocycles. The SMILES string of the molecule is CNC(=O)c1ccc(-c2nc3c([nH]2)CNC3)cn1. The number of hydrogen-bond donors (Lipinski definition) is 3. The van der Waals surface area contributed by atoms with Crippen molar-refractivity contribution in [1.82, 2.24) is 25.6 Å². The largest absolute Gasteiger partial charge is 0.354 e. The van der Waals surface area contributed by atoms with Crippen LogP contribution in [0.4, 0.5) is 0 Å². The molecule has 0 bridgehead atoms. The second-order valence-electron chi connectivity index (χ2n) is 4.13. The summed E-state index contributed by atoms with van der Waals surface area (Å²) in [4.78, 5) is 23.2. The highest BCUT2D eigenvalue weighted by atomic mass is 16.1. The molecule has 1 amide bonds. The summed E-state index contributed by atoms with van der Waals surface area (Å²) in [6.45, 7) is 1.63. The molecule has 18 heavy (non-hydrogen) atoms. The van der Waals surface area contributed by atoms with E-state index in [-0.39, 0.29) is 5.91 Å². The van der Waals surface area contributed by atoms with Gasteiger partial charge >= 0.3 is 0 Å². The number of carbonyl (C=O) groups is 1. The number of aromatic nitrogens is 3. The van der Waals surface area contributed by atoms with E-state index in [0.29, 0.717) is 5.69 Å². The van der Waals surface area contributed by atoms with Gasteiger partial charge in [0.25, 0.3) is 5.91 Å². The fraction of sp³-hybridized carbons (Fsp3) is 0.250. The number of aromatic amines is 1. The van der Waals surface area contributed by atoms with Gasteiger partial charge in [-0.2, -0.15) is 0 Å². The van der Waals surface area contributed by atoms with E-state index in [0.717, 1.165) is 35.9 Å². The van der Waals surface area contributed by atoms with Gasteiger partial charge in [0.05, 0.1) is 11.4 Å². The summed E-state index contributed by atoms with van der Waals surface area (Å²) in [5, 5.41) is 5.75. The molecule has 0 unspecified atom stereocenters. The molecule has 1 aliphatic heterocycles. The van der Waals surface area contributed by atoms with Gasteiger partial charge in [-0.05, 0) is 12.1 Å². The van der Waals surface area contributed by atoms with Crippen LogP contribution in [0.25, 0.3) is 11.4 Å². The molecule has 0 radical (unpaired) electrons. The Morgan fingerprint density at radius 1 is 1.39 bits per heavy atom. The van der Waals surface area contributed by atoms with Gasteiger partial charge in [-0.25, -0.2) is 4.98 Å². The van der Waals surface area contributed by atoms with Gasteiger partial charge in [0, 0.05) is 31.9 Å². The third-order valence-corrected chi connectivity index (χ3v) is 2.96. The number of H-pyrrole nitrogens is 1. The van der Waals surface area contributed by atoms with Gasteiger partial charge in [0.2, 0.25) is 0 Å². The summed E-state index contributed by atoms with van der Waals surface area (Å²) in [6, 6.07) is 3.54. The second-order valence-corrected chi connectivity index (χ2v) is 4.13. The smallest absolute Gasteiger partial charge is 0.269 e. The summed E-state index contributed by atoms with van der Waals surface area (Å²) in [5.74, 6) is 0.616. The van der Waals surface area contributed by atoms with Crippen LogP contribution in [0.5, 0.6) is 0 Å². The van der Waals surface area contributed by atoms with Crippen LogP contribution in [0, 0.1) is 0 Å². The van der Waals surface area contributed by atoms with Crippen LogP contribution in [-0.4, -0.2) is 27.9 Å². The van der Waals surface area contributed by atoms with E-state index in [1.54, 1.807) is 19.3 Å². The molecule has 3 heterocycles. The van der Waals surface area contributed by atoms with Crippen molar-refractivity contribution >= 4 is 5.91 Å². The van der Waals surface area contributed by atoms with Crippen molar-refractivity contribution in [2.75, 3.05) is 7.05 Å². The number of carbonyl (C=O) groups excluding carboxylic acids is 1. The van der Waals surface area contributed by atoms with Crippen molar-refractivity contribution in [3.8, 4) is 11.4 Å². The lowest BCUT2D eigenvalue weighted by Crippen LogP contribution is -2.18. The molecule has 0 saturated heterocycles. The van der Waals surface area contributed by atoms with Gasteiger partial charge in [0.15, 0.2) is 0 Å². The van der Waals surface area contributed by atoms with Crippen LogP contribution in [0.3, 0.4) is 0 Å². The third-order valence-electron chi connectivity index (χ3n) is 2.96. The molecule has 92 valence electrons. The Balaban J connectivity index is 1.90. The number of rotatable bonds is 2. The van der Waals surface area contributed by atoms with Crippen LogP contribution in [0.15, 0.2) is 18.3 Å². The molecule has 0 spiro atoms. The Kier molecular flexibility index (Phi) is 2.56. The van der Waals surface area contributed by atoms with Crippen molar-refractivity contribution in [1.29, 1.82) is 0 Å². The standard InChI is InChI=1S/C12H13N5O/c1-13-12(18)8-3-2-7(4-15-8)11-16-9-5-14-6-10(9)17-11/h2-4,14H,5-6H2,1H3,(H,13,18)(H,16,17). The summed E-state index contributed by atoms with van der Waals surface area (Å²) >= 11 is 0. The number of pyridine rings is 1. The third kappa shape index (κ3) is 1.76. The lowest BCUT2D eigenvalue weighted by molar-refractivity contribution is 0.0958. The summed E-state index contributed by atoms with van der Waals surface area (Å²) in [5.41, 5.74) is 3.47. The summed E-state index contributed by atoms with van der Waals surface area (Å²) < 4.78 is 0. The van der Waals surface area contributed by atoms with Crippen molar-refractivity contribution in [3.63, 3.8) is 0 Å². The fourth-order valence-corrected chi connectivity index (χ4v) is 1.98. The molecule has 0 fully saturated rings. The highest BCUT2D eigenvalue weighted by Gasteiger charge is 2.16. The fourth-order valence-electron chi connectivity index (χ4n) is 1.98. The van der Waals surface area contributed by atoms with Crippen LogP contribution in [0.1, 0.15) is 21.9 Å². The average molecular weight is 243 g/mol. The maximum Gasteiger partial charge on any atom is 0.269 e. The number of imidazole rings is 1. The molecule has 2 aromatic rings. The van der Waals surface area contributed by atoms with Crippen LogP contribution < -0.4 is 10.6 Å². The number of nitrogens with one attached hydrogen (secondary N) is 3. The van der Waals surface area contributed by atoms with Gasteiger partial charge in [0.1, 0.15) is 11.5 Å². The van der Waals surface area contributed by atoms with E-state index >= 15 is 0 Å². The Hall–Kier alpha value is -2.21. The van der Waals surface area contributed by atoms with Crippen molar-refractivity contribution in [2.45, 2.75) is 13.1 Å². The zero-order valence-electron chi connectivity index (χ0n) is 9.95. The first kappa shape index (κ1) is 10.9. The predicted octanol–water partition coefficient (Wildman–Crippen LogP) is 0.434. The lowest BCUT2D eigenvalue weighted by atomic mass is 10.2. The van der Waals surface area contributed by atoms with Gasteiger partial charge in [-0.15, -0.1) is 0 Å².